The number of carbonyl (C=O) groups is 2. The largest absolute Gasteiger partial charge is 0.480 e. The van der Waals surface area contributed by atoms with Gasteiger partial charge in [0.05, 0.1) is 0 Å². The molecular weight excluding hydrogens is 222 g/mol. The van der Waals surface area contributed by atoms with Crippen LogP contribution in [0.5, 0.6) is 0 Å². The summed E-state index contributed by atoms with van der Waals surface area (Å²) in [5.74, 6) is -1.00. The van der Waals surface area contributed by atoms with Crippen LogP contribution in [0.1, 0.15) is 32.6 Å². The second kappa shape index (κ2) is 7.11. The van der Waals surface area contributed by atoms with Gasteiger partial charge in [-0.05, 0) is 32.2 Å². The Morgan fingerprint density at radius 3 is 2.59 bits per heavy atom. The quantitative estimate of drug-likeness (QED) is 0.461. The lowest BCUT2D eigenvalue weighted by molar-refractivity contribution is -0.139. The molecule has 98 valence electrons. The van der Waals surface area contributed by atoms with E-state index in [2.05, 4.69) is 16.0 Å². The van der Waals surface area contributed by atoms with Crippen LogP contribution in [0.4, 0.5) is 4.79 Å². The molecule has 0 saturated heterocycles. The van der Waals surface area contributed by atoms with E-state index < -0.39 is 18.0 Å². The van der Waals surface area contributed by atoms with E-state index in [4.69, 9.17) is 5.11 Å². The van der Waals surface area contributed by atoms with E-state index in [9.17, 15) is 9.59 Å². The van der Waals surface area contributed by atoms with Crippen molar-refractivity contribution >= 4 is 12.0 Å². The molecule has 0 radical (unpaired) electrons. The molecule has 1 aliphatic carbocycles. The normalized spacial score (nSPS) is 16.3. The Bertz CT molecular complexity index is 267. The molecular formula is C11H21N3O3. The lowest BCUT2D eigenvalue weighted by Crippen LogP contribution is -2.46. The molecule has 1 fully saturated rings. The highest BCUT2D eigenvalue weighted by atomic mass is 16.4. The van der Waals surface area contributed by atoms with Crippen LogP contribution in [0, 0.1) is 0 Å². The van der Waals surface area contributed by atoms with Gasteiger partial charge in [0.25, 0.3) is 0 Å². The molecule has 6 heteroatoms. The Balaban J connectivity index is 2.00. The van der Waals surface area contributed by atoms with Crippen LogP contribution >= 0.6 is 0 Å². The van der Waals surface area contributed by atoms with Crippen molar-refractivity contribution in [2.75, 3.05) is 13.1 Å². The molecule has 6 nitrogen and oxygen atoms in total. The van der Waals surface area contributed by atoms with Crippen LogP contribution in [0.25, 0.3) is 0 Å². The lowest BCUT2D eigenvalue weighted by atomic mass is 10.2. The smallest absolute Gasteiger partial charge is 0.326 e. The molecule has 0 bridgehead atoms. The summed E-state index contributed by atoms with van der Waals surface area (Å²) in [6.45, 7) is 3.17. The molecule has 0 unspecified atom stereocenters. The maximum absolute atomic E-state index is 11.3. The van der Waals surface area contributed by atoms with Gasteiger partial charge < -0.3 is 21.1 Å². The third kappa shape index (κ3) is 6.11. The SMILES string of the molecule is CC[C@@H](NC(=O)NCCCNC1CC1)C(=O)O. The predicted molar refractivity (Wildman–Crippen MR) is 63.9 cm³/mol. The maximum Gasteiger partial charge on any atom is 0.326 e. The summed E-state index contributed by atoms with van der Waals surface area (Å²) >= 11 is 0. The van der Waals surface area contributed by atoms with E-state index in [-0.39, 0.29) is 0 Å². The highest BCUT2D eigenvalue weighted by Gasteiger charge is 2.19. The molecule has 0 aromatic carbocycles. The molecule has 4 N–H and O–H groups in total. The standard InChI is InChI=1S/C11H21N3O3/c1-2-9(10(15)16)14-11(17)13-7-3-6-12-8-4-5-8/h8-9,12H,2-7H2,1H3,(H,15,16)(H2,13,14,17)/t9-/m1/s1. The number of amides is 2. The minimum absolute atomic E-state index is 0.381. The zero-order valence-corrected chi connectivity index (χ0v) is 10.2. The average Bonchev–Trinajstić information content (AvgIpc) is 3.09. The van der Waals surface area contributed by atoms with Crippen LogP contribution in [-0.2, 0) is 4.79 Å². The first-order valence-electron chi connectivity index (χ1n) is 6.14. The van der Waals surface area contributed by atoms with Crippen molar-refractivity contribution in [1.29, 1.82) is 0 Å². The highest BCUT2D eigenvalue weighted by molar-refractivity contribution is 5.82. The van der Waals surface area contributed by atoms with Gasteiger partial charge in [0.15, 0.2) is 0 Å². The van der Waals surface area contributed by atoms with E-state index in [0.717, 1.165) is 13.0 Å². The fraction of sp³-hybridized carbons (Fsp3) is 0.818. The van der Waals surface area contributed by atoms with Crippen molar-refractivity contribution < 1.29 is 14.7 Å². The van der Waals surface area contributed by atoms with Gasteiger partial charge in [-0.15, -0.1) is 0 Å². The highest BCUT2D eigenvalue weighted by Crippen LogP contribution is 2.18. The van der Waals surface area contributed by atoms with E-state index in [1.807, 2.05) is 0 Å². The Hall–Kier alpha value is -1.30. The van der Waals surface area contributed by atoms with Crippen LogP contribution in [0.3, 0.4) is 0 Å². The van der Waals surface area contributed by atoms with Gasteiger partial charge >= 0.3 is 12.0 Å². The maximum atomic E-state index is 11.3. The monoisotopic (exact) mass is 243 g/mol. The van der Waals surface area contributed by atoms with Crippen LogP contribution in [0.2, 0.25) is 0 Å². The molecule has 1 rings (SSSR count). The molecule has 0 heterocycles. The Morgan fingerprint density at radius 2 is 2.06 bits per heavy atom. The minimum Gasteiger partial charge on any atom is -0.480 e. The fourth-order valence-corrected chi connectivity index (χ4v) is 1.43. The molecule has 1 atom stereocenters. The molecule has 1 aliphatic rings. The van der Waals surface area contributed by atoms with E-state index >= 15 is 0 Å². The summed E-state index contributed by atoms with van der Waals surface area (Å²) in [4.78, 5) is 22.0. The molecule has 2 amide bonds. The van der Waals surface area contributed by atoms with Gasteiger partial charge in [-0.3, -0.25) is 0 Å². The zero-order valence-electron chi connectivity index (χ0n) is 10.2. The molecule has 0 aromatic rings. The first-order chi connectivity index (χ1) is 8.13. The van der Waals surface area contributed by atoms with Gasteiger partial charge in [-0.2, -0.15) is 0 Å². The fourth-order valence-electron chi connectivity index (χ4n) is 1.43. The van der Waals surface area contributed by atoms with Gasteiger partial charge in [-0.1, -0.05) is 6.92 Å². The van der Waals surface area contributed by atoms with Crippen LogP contribution in [0.15, 0.2) is 0 Å². The topological polar surface area (TPSA) is 90.5 Å². The number of carboxylic acid groups (broad SMARTS) is 1. The van der Waals surface area contributed by atoms with Gasteiger partial charge in [0, 0.05) is 12.6 Å². The zero-order chi connectivity index (χ0) is 12.7. The Morgan fingerprint density at radius 1 is 1.35 bits per heavy atom. The first-order valence-corrected chi connectivity index (χ1v) is 6.14. The van der Waals surface area contributed by atoms with Crippen molar-refractivity contribution in [1.82, 2.24) is 16.0 Å². The summed E-state index contributed by atoms with van der Waals surface area (Å²) in [5.41, 5.74) is 0. The summed E-state index contributed by atoms with van der Waals surface area (Å²) in [5, 5.41) is 17.1. The van der Waals surface area contributed by atoms with Crippen molar-refractivity contribution in [2.45, 2.75) is 44.7 Å². The molecule has 0 aliphatic heterocycles. The number of hydrogen-bond donors (Lipinski definition) is 4. The Kier molecular flexibility index (Phi) is 5.76. The van der Waals surface area contributed by atoms with Crippen LogP contribution in [-0.4, -0.2) is 42.3 Å². The number of urea groups is 1. The second-order valence-corrected chi connectivity index (χ2v) is 4.28. The number of aliphatic carboxylic acids is 1. The Labute approximate surface area is 101 Å². The summed E-state index contributed by atoms with van der Waals surface area (Å²) in [7, 11) is 0. The second-order valence-electron chi connectivity index (χ2n) is 4.28. The number of rotatable bonds is 8. The number of hydrogen-bond acceptors (Lipinski definition) is 3. The van der Waals surface area contributed by atoms with E-state index in [1.165, 1.54) is 12.8 Å². The predicted octanol–water partition coefficient (Wildman–Crippen LogP) is 0.291. The van der Waals surface area contributed by atoms with E-state index in [0.29, 0.717) is 19.0 Å². The average molecular weight is 243 g/mol. The number of carboxylic acids is 1. The van der Waals surface area contributed by atoms with Crippen molar-refractivity contribution in [3.63, 3.8) is 0 Å². The van der Waals surface area contributed by atoms with E-state index in [1.54, 1.807) is 6.92 Å². The van der Waals surface area contributed by atoms with Gasteiger partial charge in [0.1, 0.15) is 6.04 Å². The van der Waals surface area contributed by atoms with Crippen molar-refractivity contribution in [2.24, 2.45) is 0 Å². The van der Waals surface area contributed by atoms with Gasteiger partial charge in [0.2, 0.25) is 0 Å². The van der Waals surface area contributed by atoms with Crippen molar-refractivity contribution in [3.05, 3.63) is 0 Å². The first kappa shape index (κ1) is 13.8. The van der Waals surface area contributed by atoms with Crippen molar-refractivity contribution in [3.8, 4) is 0 Å². The lowest BCUT2D eigenvalue weighted by Gasteiger charge is -2.13. The molecule has 17 heavy (non-hydrogen) atoms. The molecule has 0 aromatic heterocycles. The molecule has 0 spiro atoms. The minimum atomic E-state index is -1.00. The van der Waals surface area contributed by atoms with Gasteiger partial charge in [-0.25, -0.2) is 9.59 Å². The molecule has 1 saturated carbocycles. The third-order valence-corrected chi connectivity index (χ3v) is 2.66. The summed E-state index contributed by atoms with van der Waals surface area (Å²) in [6.07, 6.45) is 3.75. The summed E-state index contributed by atoms with van der Waals surface area (Å²) < 4.78 is 0. The van der Waals surface area contributed by atoms with Crippen LogP contribution < -0.4 is 16.0 Å². The number of nitrogens with one attached hydrogen (secondary N) is 3. The number of carbonyl (C=O) groups excluding carboxylic acids is 1. The summed E-state index contributed by atoms with van der Waals surface area (Å²) in [6, 6.07) is -0.537. The third-order valence-electron chi connectivity index (χ3n) is 2.66.